The minimum atomic E-state index is -3.38. The summed E-state index contributed by atoms with van der Waals surface area (Å²) in [6.45, 7) is 3.88. The number of nitrogens with zero attached hydrogens (tertiary/aromatic N) is 1. The summed E-state index contributed by atoms with van der Waals surface area (Å²) in [7, 11) is -3.38. The highest BCUT2D eigenvalue weighted by Gasteiger charge is 2.27. The molecule has 0 saturated carbocycles. The number of sulfonamides is 1. The van der Waals surface area contributed by atoms with E-state index in [0.717, 1.165) is 18.4 Å². The van der Waals surface area contributed by atoms with E-state index in [4.69, 9.17) is 0 Å². The van der Waals surface area contributed by atoms with Crippen LogP contribution in [0.15, 0.2) is 41.4 Å². The molecule has 0 fully saturated rings. The van der Waals surface area contributed by atoms with E-state index in [-0.39, 0.29) is 6.04 Å². The second-order valence-electron chi connectivity index (χ2n) is 4.46. The molecule has 1 atom stereocenters. The minimum absolute atomic E-state index is 0.0336. The van der Waals surface area contributed by atoms with E-state index in [2.05, 4.69) is 0 Å². The van der Waals surface area contributed by atoms with Crippen LogP contribution in [0, 0.1) is 6.92 Å². The van der Waals surface area contributed by atoms with Crippen molar-refractivity contribution in [2.45, 2.75) is 37.6 Å². The smallest absolute Gasteiger partial charge is 0.264 e. The molecule has 0 aliphatic carbocycles. The molecule has 0 bridgehead atoms. The zero-order valence-corrected chi connectivity index (χ0v) is 10.9. The number of rotatable bonds is 2. The van der Waals surface area contributed by atoms with Gasteiger partial charge < -0.3 is 0 Å². The van der Waals surface area contributed by atoms with Crippen LogP contribution in [0.4, 0.5) is 0 Å². The Morgan fingerprint density at radius 2 is 1.88 bits per heavy atom. The van der Waals surface area contributed by atoms with E-state index >= 15 is 0 Å². The number of allylic oxidation sites excluding steroid dienone is 1. The van der Waals surface area contributed by atoms with Crippen LogP contribution in [0.2, 0.25) is 0 Å². The Bertz CT molecular complexity index is 517. The highest BCUT2D eigenvalue weighted by Crippen LogP contribution is 2.24. The van der Waals surface area contributed by atoms with Crippen LogP contribution in [0.1, 0.15) is 25.3 Å². The average molecular weight is 251 g/mol. The molecule has 1 aromatic carbocycles. The van der Waals surface area contributed by atoms with Crippen LogP contribution in [0.3, 0.4) is 0 Å². The van der Waals surface area contributed by atoms with Gasteiger partial charge in [-0.05, 0) is 38.8 Å². The van der Waals surface area contributed by atoms with E-state index in [1.165, 1.54) is 4.31 Å². The predicted octanol–water partition coefficient (Wildman–Crippen LogP) is 2.68. The van der Waals surface area contributed by atoms with Crippen molar-refractivity contribution in [2.75, 3.05) is 0 Å². The van der Waals surface area contributed by atoms with Crippen LogP contribution >= 0.6 is 0 Å². The Kier molecular flexibility index (Phi) is 3.24. The van der Waals surface area contributed by atoms with Crippen LogP contribution in [-0.2, 0) is 10.0 Å². The quantitative estimate of drug-likeness (QED) is 0.810. The van der Waals surface area contributed by atoms with Crippen LogP contribution in [0.25, 0.3) is 0 Å². The molecule has 92 valence electrons. The standard InChI is InChI=1S/C13H17NO2S/c1-11-6-8-13(9-7-11)17(15,16)14-10-4-3-5-12(14)2/h4,6-10,12H,3,5H2,1-2H3/t12-/m1/s1. The van der Waals surface area contributed by atoms with Gasteiger partial charge in [-0.25, -0.2) is 8.42 Å². The normalized spacial score (nSPS) is 20.6. The van der Waals surface area contributed by atoms with Gasteiger partial charge in [0.1, 0.15) is 0 Å². The van der Waals surface area contributed by atoms with Crippen molar-refractivity contribution in [1.82, 2.24) is 4.31 Å². The summed E-state index contributed by atoms with van der Waals surface area (Å²) in [4.78, 5) is 0.363. The summed E-state index contributed by atoms with van der Waals surface area (Å²) >= 11 is 0. The highest BCUT2D eigenvalue weighted by molar-refractivity contribution is 7.89. The Labute approximate surface area is 103 Å². The van der Waals surface area contributed by atoms with Crippen LogP contribution in [-0.4, -0.2) is 18.8 Å². The number of aryl methyl sites for hydroxylation is 1. The minimum Gasteiger partial charge on any atom is -0.271 e. The summed E-state index contributed by atoms with van der Waals surface area (Å²) in [6.07, 6.45) is 5.41. The molecule has 0 unspecified atom stereocenters. The molecule has 0 N–H and O–H groups in total. The van der Waals surface area contributed by atoms with E-state index in [9.17, 15) is 8.42 Å². The van der Waals surface area contributed by atoms with Gasteiger partial charge in [-0.2, -0.15) is 0 Å². The maximum absolute atomic E-state index is 12.4. The molecule has 0 aromatic heterocycles. The third kappa shape index (κ3) is 2.36. The van der Waals surface area contributed by atoms with Gasteiger partial charge in [0.25, 0.3) is 10.0 Å². The number of benzene rings is 1. The summed E-state index contributed by atoms with van der Waals surface area (Å²) in [6, 6.07) is 7.02. The van der Waals surface area contributed by atoms with Crippen LogP contribution < -0.4 is 0 Å². The first kappa shape index (κ1) is 12.2. The number of hydrogen-bond donors (Lipinski definition) is 0. The van der Waals surface area contributed by atoms with Gasteiger partial charge in [0.05, 0.1) is 4.90 Å². The third-order valence-corrected chi connectivity index (χ3v) is 4.94. The first-order chi connectivity index (χ1) is 8.01. The molecular formula is C13H17NO2S. The predicted molar refractivity (Wildman–Crippen MR) is 68.0 cm³/mol. The molecule has 0 amide bonds. The van der Waals surface area contributed by atoms with Gasteiger partial charge in [0.2, 0.25) is 0 Å². The Morgan fingerprint density at radius 1 is 1.24 bits per heavy atom. The van der Waals surface area contributed by atoms with Gasteiger partial charge in [-0.1, -0.05) is 23.8 Å². The van der Waals surface area contributed by atoms with Crippen molar-refractivity contribution >= 4 is 10.0 Å². The van der Waals surface area contributed by atoms with Crippen molar-refractivity contribution in [1.29, 1.82) is 0 Å². The fourth-order valence-corrected chi connectivity index (χ4v) is 3.49. The van der Waals surface area contributed by atoms with Gasteiger partial charge in [-0.15, -0.1) is 0 Å². The van der Waals surface area contributed by atoms with Gasteiger partial charge >= 0.3 is 0 Å². The van der Waals surface area contributed by atoms with E-state index in [1.54, 1.807) is 18.3 Å². The van der Waals surface area contributed by atoms with Crippen molar-refractivity contribution < 1.29 is 8.42 Å². The molecule has 4 heteroatoms. The average Bonchev–Trinajstić information content (AvgIpc) is 2.30. The largest absolute Gasteiger partial charge is 0.271 e. The molecule has 1 heterocycles. The second-order valence-corrected chi connectivity index (χ2v) is 6.30. The first-order valence-electron chi connectivity index (χ1n) is 5.78. The molecule has 0 spiro atoms. The fraction of sp³-hybridized carbons (Fsp3) is 0.385. The lowest BCUT2D eigenvalue weighted by Gasteiger charge is -2.29. The maximum atomic E-state index is 12.4. The summed E-state index contributed by atoms with van der Waals surface area (Å²) in [5.74, 6) is 0. The molecule has 17 heavy (non-hydrogen) atoms. The van der Waals surface area contributed by atoms with Gasteiger partial charge in [-0.3, -0.25) is 4.31 Å². The fourth-order valence-electron chi connectivity index (χ4n) is 1.94. The zero-order chi connectivity index (χ0) is 12.5. The highest BCUT2D eigenvalue weighted by atomic mass is 32.2. The summed E-state index contributed by atoms with van der Waals surface area (Å²) in [5.41, 5.74) is 1.06. The monoisotopic (exact) mass is 251 g/mol. The molecule has 0 saturated heterocycles. The Morgan fingerprint density at radius 3 is 2.47 bits per heavy atom. The van der Waals surface area contributed by atoms with Crippen molar-refractivity contribution in [3.8, 4) is 0 Å². The molecule has 2 rings (SSSR count). The number of hydrogen-bond acceptors (Lipinski definition) is 2. The first-order valence-corrected chi connectivity index (χ1v) is 7.23. The second kappa shape index (κ2) is 4.53. The van der Waals surface area contributed by atoms with Crippen molar-refractivity contribution in [3.63, 3.8) is 0 Å². The molecule has 1 aliphatic heterocycles. The van der Waals surface area contributed by atoms with E-state index in [0.29, 0.717) is 4.90 Å². The Hall–Kier alpha value is -1.29. The van der Waals surface area contributed by atoms with E-state index in [1.807, 2.05) is 32.1 Å². The van der Waals surface area contributed by atoms with Crippen LogP contribution in [0.5, 0.6) is 0 Å². The molecular weight excluding hydrogens is 234 g/mol. The molecule has 3 nitrogen and oxygen atoms in total. The Balaban J connectivity index is 2.39. The lowest BCUT2D eigenvalue weighted by atomic mass is 10.1. The van der Waals surface area contributed by atoms with Gasteiger partial charge in [0, 0.05) is 12.2 Å². The lowest BCUT2D eigenvalue weighted by molar-refractivity contribution is 0.386. The van der Waals surface area contributed by atoms with Crippen molar-refractivity contribution in [2.24, 2.45) is 0 Å². The van der Waals surface area contributed by atoms with Crippen molar-refractivity contribution in [3.05, 3.63) is 42.1 Å². The maximum Gasteiger partial charge on any atom is 0.264 e. The molecule has 0 radical (unpaired) electrons. The summed E-state index contributed by atoms with van der Waals surface area (Å²) < 4.78 is 26.2. The molecule has 1 aliphatic rings. The van der Waals surface area contributed by atoms with Gasteiger partial charge in [0.15, 0.2) is 0 Å². The lowest BCUT2D eigenvalue weighted by Crippen LogP contribution is -2.35. The van der Waals surface area contributed by atoms with E-state index < -0.39 is 10.0 Å². The molecule has 1 aromatic rings. The topological polar surface area (TPSA) is 37.4 Å². The summed E-state index contributed by atoms with van der Waals surface area (Å²) in [5, 5.41) is 0. The zero-order valence-electron chi connectivity index (χ0n) is 10.1. The third-order valence-electron chi connectivity index (χ3n) is 3.03. The SMILES string of the molecule is Cc1ccc(S(=O)(=O)N2C=CCC[C@H]2C)cc1.